The van der Waals surface area contributed by atoms with Crippen LogP contribution in [0.5, 0.6) is 0 Å². The van der Waals surface area contributed by atoms with Gasteiger partial charge in [-0.3, -0.25) is 9.48 Å². The maximum absolute atomic E-state index is 13.4. The maximum atomic E-state index is 13.4. The van der Waals surface area contributed by atoms with Gasteiger partial charge in [0.05, 0.1) is 23.2 Å². The van der Waals surface area contributed by atoms with E-state index in [9.17, 15) is 13.2 Å². The molecule has 7 heteroatoms. The molecule has 1 atom stereocenters. The van der Waals surface area contributed by atoms with E-state index in [2.05, 4.69) is 18.1 Å². The van der Waals surface area contributed by atoms with Crippen molar-refractivity contribution in [2.45, 2.75) is 32.7 Å². The van der Waals surface area contributed by atoms with Crippen molar-refractivity contribution in [2.75, 3.05) is 23.0 Å². The number of nitrogens with zero attached hydrogens (tertiary/aromatic N) is 3. The van der Waals surface area contributed by atoms with Crippen LogP contribution in [0.1, 0.15) is 39.6 Å². The average Bonchev–Trinajstić information content (AvgIpc) is 3.45. The maximum Gasteiger partial charge on any atom is 0.278 e. The second kappa shape index (κ2) is 7.34. The first-order valence-electron chi connectivity index (χ1n) is 10.6. The third kappa shape index (κ3) is 3.57. The van der Waals surface area contributed by atoms with Crippen molar-refractivity contribution in [3.8, 4) is 11.3 Å². The molecule has 31 heavy (non-hydrogen) atoms. The van der Waals surface area contributed by atoms with E-state index >= 15 is 0 Å². The van der Waals surface area contributed by atoms with E-state index in [4.69, 9.17) is 0 Å². The number of hydrogen-bond acceptors (Lipinski definition) is 4. The topological polar surface area (TPSA) is 72.3 Å². The molecule has 3 heterocycles. The van der Waals surface area contributed by atoms with Crippen LogP contribution >= 0.6 is 0 Å². The van der Waals surface area contributed by atoms with Crippen LogP contribution in [-0.2, 0) is 16.3 Å². The molecule has 0 bridgehead atoms. The molecular formula is C24H25N3O3S. The second-order valence-electron chi connectivity index (χ2n) is 8.55. The third-order valence-electron chi connectivity index (χ3n) is 6.44. The number of sulfone groups is 1. The fraction of sp³-hybridized carbons (Fsp3) is 0.333. The van der Waals surface area contributed by atoms with Gasteiger partial charge in [-0.2, -0.15) is 5.10 Å². The number of aryl methyl sites for hydroxylation is 2. The first kappa shape index (κ1) is 20.0. The van der Waals surface area contributed by atoms with Crippen LogP contribution < -0.4 is 4.90 Å². The van der Waals surface area contributed by atoms with Crippen LogP contribution in [0.4, 0.5) is 5.69 Å². The highest BCUT2D eigenvalue weighted by Crippen LogP contribution is 2.33. The Bertz CT molecular complexity index is 1290. The molecule has 1 aromatic heterocycles. The molecule has 1 saturated heterocycles. The minimum atomic E-state index is -3.08. The summed E-state index contributed by atoms with van der Waals surface area (Å²) in [7, 11) is -3.08. The molecule has 1 fully saturated rings. The van der Waals surface area contributed by atoms with Gasteiger partial charge in [-0.25, -0.2) is 8.42 Å². The summed E-state index contributed by atoms with van der Waals surface area (Å²) in [6.45, 7) is 4.73. The summed E-state index contributed by atoms with van der Waals surface area (Å²) in [5.74, 6) is 0.0777. The molecule has 2 aromatic carbocycles. The van der Waals surface area contributed by atoms with Crippen LogP contribution in [0.25, 0.3) is 11.3 Å². The molecule has 0 radical (unpaired) electrons. The van der Waals surface area contributed by atoms with E-state index in [1.165, 1.54) is 5.56 Å². The summed E-state index contributed by atoms with van der Waals surface area (Å²) in [6.07, 6.45) is 1.34. The number of benzene rings is 2. The van der Waals surface area contributed by atoms with Crippen LogP contribution in [0, 0.1) is 13.8 Å². The van der Waals surface area contributed by atoms with Crippen molar-refractivity contribution in [3.05, 3.63) is 70.9 Å². The minimum absolute atomic E-state index is 0.0622. The van der Waals surface area contributed by atoms with Crippen molar-refractivity contribution in [1.29, 1.82) is 0 Å². The predicted octanol–water partition coefficient (Wildman–Crippen LogP) is 3.73. The van der Waals surface area contributed by atoms with Gasteiger partial charge in [-0.15, -0.1) is 0 Å². The molecule has 2 aliphatic rings. The second-order valence-corrected chi connectivity index (χ2v) is 10.8. The van der Waals surface area contributed by atoms with Crippen LogP contribution in [-0.4, -0.2) is 42.2 Å². The van der Waals surface area contributed by atoms with E-state index in [-0.39, 0.29) is 23.5 Å². The quantitative estimate of drug-likeness (QED) is 0.628. The number of rotatable bonds is 3. The molecule has 3 aromatic rings. The SMILES string of the molecule is Cc1ccc(-c2cc(C(=O)N3CCc4ccccc43)nn2C2CCS(=O)(=O)C2)cc1C. The molecule has 0 saturated carbocycles. The zero-order valence-corrected chi connectivity index (χ0v) is 18.5. The van der Waals surface area contributed by atoms with Gasteiger partial charge < -0.3 is 4.90 Å². The lowest BCUT2D eigenvalue weighted by molar-refractivity contribution is 0.0983. The van der Waals surface area contributed by atoms with Crippen molar-refractivity contribution in [3.63, 3.8) is 0 Å². The Hall–Kier alpha value is -2.93. The summed E-state index contributed by atoms with van der Waals surface area (Å²) < 4.78 is 26.0. The van der Waals surface area contributed by atoms with Gasteiger partial charge >= 0.3 is 0 Å². The normalized spacial score (nSPS) is 19.5. The molecule has 0 aliphatic carbocycles. The number of carbonyl (C=O) groups excluding carboxylic acids is 1. The van der Waals surface area contributed by atoms with Crippen LogP contribution in [0.3, 0.4) is 0 Å². The van der Waals surface area contributed by atoms with Crippen molar-refractivity contribution in [1.82, 2.24) is 9.78 Å². The third-order valence-corrected chi connectivity index (χ3v) is 8.19. The van der Waals surface area contributed by atoms with E-state index < -0.39 is 9.84 Å². The fourth-order valence-electron chi connectivity index (χ4n) is 4.55. The first-order chi connectivity index (χ1) is 14.8. The predicted molar refractivity (Wildman–Crippen MR) is 121 cm³/mol. The average molecular weight is 436 g/mol. The summed E-state index contributed by atoms with van der Waals surface area (Å²) in [4.78, 5) is 15.2. The van der Waals surface area contributed by atoms with E-state index in [1.54, 1.807) is 9.58 Å². The van der Waals surface area contributed by atoms with Gasteiger partial charge in [-0.1, -0.05) is 30.3 Å². The first-order valence-corrected chi connectivity index (χ1v) is 12.4. The zero-order chi connectivity index (χ0) is 21.8. The summed E-state index contributed by atoms with van der Waals surface area (Å²) >= 11 is 0. The van der Waals surface area contributed by atoms with Gasteiger partial charge in [0.15, 0.2) is 15.5 Å². The molecule has 0 spiro atoms. The molecule has 1 amide bonds. The number of aromatic nitrogens is 2. The highest BCUT2D eigenvalue weighted by Gasteiger charge is 2.33. The molecule has 0 N–H and O–H groups in total. The van der Waals surface area contributed by atoms with Gasteiger partial charge in [-0.05, 0) is 61.6 Å². The number of amides is 1. The number of carbonyl (C=O) groups is 1. The number of hydrogen-bond donors (Lipinski definition) is 0. The molecule has 5 rings (SSSR count). The minimum Gasteiger partial charge on any atom is -0.306 e. The Balaban J connectivity index is 1.58. The Morgan fingerprint density at radius 2 is 1.87 bits per heavy atom. The van der Waals surface area contributed by atoms with Crippen LogP contribution in [0.2, 0.25) is 0 Å². The zero-order valence-electron chi connectivity index (χ0n) is 17.7. The molecule has 1 unspecified atom stereocenters. The lowest BCUT2D eigenvalue weighted by Gasteiger charge is -2.16. The van der Waals surface area contributed by atoms with E-state index in [0.29, 0.717) is 18.7 Å². The van der Waals surface area contributed by atoms with Crippen molar-refractivity contribution >= 4 is 21.4 Å². The number of anilines is 1. The van der Waals surface area contributed by atoms with Crippen molar-refractivity contribution in [2.24, 2.45) is 0 Å². The Morgan fingerprint density at radius 3 is 2.61 bits per heavy atom. The van der Waals surface area contributed by atoms with E-state index in [0.717, 1.165) is 34.5 Å². The van der Waals surface area contributed by atoms with Gasteiger partial charge in [0, 0.05) is 17.8 Å². The summed E-state index contributed by atoms with van der Waals surface area (Å²) in [5, 5.41) is 4.66. The summed E-state index contributed by atoms with van der Waals surface area (Å²) in [5.41, 5.74) is 6.51. The molecular weight excluding hydrogens is 410 g/mol. The largest absolute Gasteiger partial charge is 0.306 e. The Labute approximate surface area is 182 Å². The summed E-state index contributed by atoms with van der Waals surface area (Å²) in [6, 6.07) is 15.6. The van der Waals surface area contributed by atoms with Crippen molar-refractivity contribution < 1.29 is 13.2 Å². The standard InChI is InChI=1S/C24H25N3O3S/c1-16-7-8-19(13-17(16)2)23-14-21(25-27(23)20-10-12-31(29,30)15-20)24(28)26-11-9-18-5-3-4-6-22(18)26/h3-8,13-14,20H,9-12,15H2,1-2H3. The molecule has 2 aliphatic heterocycles. The highest BCUT2D eigenvalue weighted by atomic mass is 32.2. The Kier molecular flexibility index (Phi) is 4.73. The Morgan fingerprint density at radius 1 is 1.06 bits per heavy atom. The lowest BCUT2D eigenvalue weighted by atomic mass is 10.0. The van der Waals surface area contributed by atoms with Crippen LogP contribution in [0.15, 0.2) is 48.5 Å². The smallest absolute Gasteiger partial charge is 0.278 e. The van der Waals surface area contributed by atoms with Gasteiger partial charge in [0.2, 0.25) is 0 Å². The number of para-hydroxylation sites is 1. The van der Waals surface area contributed by atoms with Gasteiger partial charge in [0.1, 0.15) is 0 Å². The lowest BCUT2D eigenvalue weighted by Crippen LogP contribution is -2.29. The molecule has 6 nitrogen and oxygen atoms in total. The molecule has 160 valence electrons. The fourth-order valence-corrected chi connectivity index (χ4v) is 6.24. The van der Waals surface area contributed by atoms with E-state index in [1.807, 2.05) is 49.4 Å². The van der Waals surface area contributed by atoms with Gasteiger partial charge in [0.25, 0.3) is 5.91 Å². The highest BCUT2D eigenvalue weighted by molar-refractivity contribution is 7.91. The number of fused-ring (bicyclic) bond motifs is 1. The monoisotopic (exact) mass is 435 g/mol.